The normalized spacial score (nSPS) is 13.6. The molecule has 0 fully saturated rings. The van der Waals surface area contributed by atoms with Gasteiger partial charge in [-0.15, -0.1) is 17.4 Å². The number of carbonyl (C=O) groups excluding carboxylic acids is 2. The first kappa shape index (κ1) is 49.6. The Morgan fingerprint density at radius 3 is 2.02 bits per heavy atom. The zero-order chi connectivity index (χ0) is 45.3. The van der Waals surface area contributed by atoms with Crippen LogP contribution in [0.25, 0.3) is 0 Å². The predicted octanol–water partition coefficient (Wildman–Crippen LogP) is 8.87. The van der Waals surface area contributed by atoms with Gasteiger partial charge < -0.3 is 20.3 Å². The second-order valence-corrected chi connectivity index (χ2v) is 14.6. The fraction of sp³-hybridized carbons (Fsp3) is 0.400. The van der Waals surface area contributed by atoms with Gasteiger partial charge in [0, 0.05) is 37.4 Å². The highest BCUT2D eigenvalue weighted by Crippen LogP contribution is 2.31. The summed E-state index contributed by atoms with van der Waals surface area (Å²) in [6.45, 7) is 12.6. The number of hydrazine groups is 1. The number of hydrogen-bond donors (Lipinski definition) is 2. The molecule has 3 aromatic carbocycles. The zero-order valence-electron chi connectivity index (χ0n) is 35.1. The number of anilines is 1. The molecule has 0 bridgehead atoms. The molecule has 3 aromatic rings. The molecule has 10 nitrogen and oxygen atoms in total. The number of nitrogens with two attached hydrogens (primary N) is 2. The van der Waals surface area contributed by atoms with Gasteiger partial charge in [-0.25, -0.2) is 11.0 Å². The number of alkyl halides is 6. The number of guanidine groups is 1. The highest BCUT2D eigenvalue weighted by atomic mass is 19.4. The maximum absolute atomic E-state index is 12.8. The largest absolute Gasteiger partial charge is 0.411 e. The Labute approximate surface area is 354 Å². The van der Waals surface area contributed by atoms with Crippen LogP contribution in [0.1, 0.15) is 89.4 Å². The number of nitrogens with zero attached hydrogens (tertiary/aromatic N) is 5. The van der Waals surface area contributed by atoms with Gasteiger partial charge in [-0.05, 0) is 87.4 Å². The Morgan fingerprint density at radius 2 is 1.46 bits per heavy atom. The SMILES string of the molecule is C#CC.C/C(=C\CC(F)(F)F)CCN(CCCCN(Cc1ccccc1)c1cc2c(cc1C)COC2)/C(N)=N/N(N)CCN1C(=O)c2ccccc2C1=O.C=C(C)C(F)(F)F. The molecule has 330 valence electrons. The van der Waals surface area contributed by atoms with E-state index in [9.17, 15) is 35.9 Å². The molecule has 0 aromatic heterocycles. The first-order valence-corrected chi connectivity index (χ1v) is 19.6. The zero-order valence-corrected chi connectivity index (χ0v) is 35.1. The van der Waals surface area contributed by atoms with Crippen molar-refractivity contribution in [2.45, 2.75) is 85.5 Å². The summed E-state index contributed by atoms with van der Waals surface area (Å²) >= 11 is 0. The Morgan fingerprint density at radius 1 is 0.918 bits per heavy atom. The number of amides is 2. The van der Waals surface area contributed by atoms with E-state index in [-0.39, 0.29) is 19.0 Å². The van der Waals surface area contributed by atoms with E-state index >= 15 is 0 Å². The van der Waals surface area contributed by atoms with E-state index < -0.39 is 36.2 Å². The van der Waals surface area contributed by atoms with E-state index in [1.165, 1.54) is 28.3 Å². The number of unbranched alkanes of at least 4 members (excludes halogenated alkanes) is 1. The Bertz CT molecular complexity index is 2010. The average Bonchev–Trinajstić information content (AvgIpc) is 3.75. The molecule has 16 heteroatoms. The van der Waals surface area contributed by atoms with Crippen molar-refractivity contribution in [3.63, 3.8) is 0 Å². The molecule has 0 saturated carbocycles. The summed E-state index contributed by atoms with van der Waals surface area (Å²) in [6, 6.07) is 21.3. The van der Waals surface area contributed by atoms with Crippen molar-refractivity contribution in [3.05, 3.63) is 124 Å². The summed E-state index contributed by atoms with van der Waals surface area (Å²) in [7, 11) is 0. The number of aryl methyl sites for hydroxylation is 1. The van der Waals surface area contributed by atoms with Crippen LogP contribution < -0.4 is 16.5 Å². The second-order valence-electron chi connectivity index (χ2n) is 14.6. The number of hydrogen-bond acceptors (Lipinski definition) is 7. The van der Waals surface area contributed by atoms with Gasteiger partial charge in [-0.2, -0.15) is 26.3 Å². The monoisotopic (exact) mass is 855 g/mol. The fourth-order valence-electron chi connectivity index (χ4n) is 6.31. The third-order valence-electron chi connectivity index (χ3n) is 9.62. The Hall–Kier alpha value is -5.79. The molecule has 2 aliphatic rings. The average molecular weight is 856 g/mol. The number of allylic oxidation sites excluding steroid dienone is 2. The summed E-state index contributed by atoms with van der Waals surface area (Å²) in [5, 5.41) is 5.41. The van der Waals surface area contributed by atoms with Crippen LogP contribution in [0, 0.1) is 19.3 Å². The summed E-state index contributed by atoms with van der Waals surface area (Å²) < 4.78 is 77.5. The maximum atomic E-state index is 12.8. The molecule has 0 unspecified atom stereocenters. The van der Waals surface area contributed by atoms with Crippen molar-refractivity contribution in [1.82, 2.24) is 14.9 Å². The van der Waals surface area contributed by atoms with E-state index in [0.717, 1.165) is 48.6 Å². The van der Waals surface area contributed by atoms with E-state index in [1.54, 1.807) is 38.1 Å². The van der Waals surface area contributed by atoms with E-state index in [4.69, 9.17) is 16.3 Å². The highest BCUT2D eigenvalue weighted by molar-refractivity contribution is 6.21. The van der Waals surface area contributed by atoms with Gasteiger partial charge in [0.1, 0.15) is 0 Å². The fourth-order valence-corrected chi connectivity index (χ4v) is 6.31. The molecule has 0 aliphatic carbocycles. The van der Waals surface area contributed by atoms with Crippen molar-refractivity contribution in [3.8, 4) is 12.3 Å². The van der Waals surface area contributed by atoms with E-state index in [1.807, 2.05) is 23.1 Å². The molecule has 0 atom stereocenters. The standard InChI is InChI=1S/C38H46F3N7O3.C4H5F3.C3H4/c1-27(14-16-38(39,40)41)15-19-45(37(42)44-48(43)21-20-47-35(49)32-12-6-7-13-33(32)36(47)50)17-8-9-18-46(24-29-10-4-3-5-11-29)34-23-31-26-51-25-30(31)22-28(34)2;1-3(2)4(5,6)7;1-3-2/h3-7,10-14,22-23H,8-9,15-21,24-26,43H2,1-2H3,(H2,42,44);1H2,2H3;1H,2H3/b27-14+;;. The maximum Gasteiger partial charge on any atom is 0.411 e. The molecule has 2 heterocycles. The van der Waals surface area contributed by atoms with Crippen LogP contribution in [0.4, 0.5) is 32.0 Å². The lowest BCUT2D eigenvalue weighted by molar-refractivity contribution is -0.125. The molecule has 5 rings (SSSR count). The van der Waals surface area contributed by atoms with Crippen LogP contribution in [0.5, 0.6) is 0 Å². The number of carbonyl (C=O) groups is 2. The van der Waals surface area contributed by atoms with Crippen LogP contribution in [0.2, 0.25) is 0 Å². The minimum Gasteiger partial charge on any atom is -0.372 e. The van der Waals surface area contributed by atoms with Crippen molar-refractivity contribution in [1.29, 1.82) is 0 Å². The second kappa shape index (κ2) is 23.3. The van der Waals surface area contributed by atoms with Crippen LogP contribution >= 0.6 is 0 Å². The highest BCUT2D eigenvalue weighted by Gasteiger charge is 2.35. The smallest absolute Gasteiger partial charge is 0.372 e. The quantitative estimate of drug-likeness (QED) is 0.0169. The van der Waals surface area contributed by atoms with Gasteiger partial charge in [0.05, 0.1) is 43.9 Å². The van der Waals surface area contributed by atoms with Gasteiger partial charge >= 0.3 is 12.4 Å². The summed E-state index contributed by atoms with van der Waals surface area (Å²) in [4.78, 5) is 30.8. The minimum atomic E-state index is -4.28. The molecule has 61 heavy (non-hydrogen) atoms. The van der Waals surface area contributed by atoms with Crippen LogP contribution in [-0.4, -0.2) is 77.8 Å². The van der Waals surface area contributed by atoms with E-state index in [0.29, 0.717) is 49.4 Å². The van der Waals surface area contributed by atoms with Gasteiger partial charge in [0.15, 0.2) is 0 Å². The van der Waals surface area contributed by atoms with Gasteiger partial charge in [-0.1, -0.05) is 66.8 Å². The third-order valence-corrected chi connectivity index (χ3v) is 9.62. The lowest BCUT2D eigenvalue weighted by atomic mass is 10.0. The number of imide groups is 1. The molecule has 0 radical (unpaired) electrons. The van der Waals surface area contributed by atoms with Gasteiger partial charge in [0.2, 0.25) is 5.96 Å². The molecule has 0 spiro atoms. The van der Waals surface area contributed by atoms with Crippen molar-refractivity contribution in [2.24, 2.45) is 16.7 Å². The van der Waals surface area contributed by atoms with Crippen LogP contribution in [0.15, 0.2) is 95.6 Å². The minimum absolute atomic E-state index is 0.00436. The first-order valence-electron chi connectivity index (χ1n) is 19.6. The number of hydrazone groups is 1. The number of halogens is 6. The molecule has 0 saturated heterocycles. The Kier molecular flexibility index (Phi) is 18.9. The summed E-state index contributed by atoms with van der Waals surface area (Å²) in [5.74, 6) is 7.72. The molecule has 2 aliphatic heterocycles. The van der Waals surface area contributed by atoms with Crippen molar-refractivity contribution >= 4 is 23.5 Å². The van der Waals surface area contributed by atoms with Gasteiger partial charge in [-0.3, -0.25) is 14.5 Å². The lowest BCUT2D eigenvalue weighted by Gasteiger charge is -2.29. The molecule has 4 N–H and O–H groups in total. The van der Waals surface area contributed by atoms with Crippen LogP contribution in [0.3, 0.4) is 0 Å². The summed E-state index contributed by atoms with van der Waals surface area (Å²) in [5.41, 5.74) is 12.9. The van der Waals surface area contributed by atoms with Crippen molar-refractivity contribution in [2.75, 3.05) is 37.6 Å². The number of ether oxygens (including phenoxy) is 1. The number of terminal acetylenes is 1. The summed E-state index contributed by atoms with van der Waals surface area (Å²) in [6.07, 6.45) is -1.81. The predicted molar refractivity (Wildman–Crippen MR) is 227 cm³/mol. The Balaban J connectivity index is 0.000000889. The van der Waals surface area contributed by atoms with E-state index in [2.05, 4.69) is 60.1 Å². The van der Waals surface area contributed by atoms with Crippen molar-refractivity contribution < 1.29 is 40.7 Å². The number of rotatable bonds is 16. The topological polar surface area (TPSA) is 121 Å². The molecular formula is C45H55F6N7O3. The molecule has 2 amide bonds. The van der Waals surface area contributed by atoms with Crippen LogP contribution in [-0.2, 0) is 24.5 Å². The third kappa shape index (κ3) is 16.0. The molecular weight excluding hydrogens is 801 g/mol. The van der Waals surface area contributed by atoms with Gasteiger partial charge in [0.25, 0.3) is 11.8 Å². The number of benzene rings is 3. The first-order chi connectivity index (χ1) is 28.7. The lowest BCUT2D eigenvalue weighted by Crippen LogP contribution is -2.44. The number of fused-ring (bicyclic) bond motifs is 2.